The summed E-state index contributed by atoms with van der Waals surface area (Å²) in [5.74, 6) is 0.672. The maximum absolute atomic E-state index is 12.7. The molecule has 0 radical (unpaired) electrons. The quantitative estimate of drug-likeness (QED) is 0.301. The van der Waals surface area contributed by atoms with Crippen molar-refractivity contribution in [2.24, 2.45) is 0 Å². The Hall–Kier alpha value is -3.79. The number of anilines is 1. The van der Waals surface area contributed by atoms with Gasteiger partial charge in [-0.15, -0.1) is 0 Å². The van der Waals surface area contributed by atoms with Crippen molar-refractivity contribution in [1.82, 2.24) is 16.0 Å². The van der Waals surface area contributed by atoms with Crippen LogP contribution in [-0.2, 0) is 0 Å². The molecule has 2 rings (SSSR count). The van der Waals surface area contributed by atoms with E-state index in [1.807, 2.05) is 37.3 Å². The van der Waals surface area contributed by atoms with Gasteiger partial charge in [-0.2, -0.15) is 0 Å². The van der Waals surface area contributed by atoms with Crippen LogP contribution in [-0.4, -0.2) is 51.0 Å². The smallest absolute Gasteiger partial charge is 0.319 e. The van der Waals surface area contributed by atoms with Gasteiger partial charge in [-0.25, -0.2) is 4.79 Å². The number of carbonyl (C=O) groups excluding carboxylic acids is 2. The molecule has 0 fully saturated rings. The van der Waals surface area contributed by atoms with E-state index in [1.165, 1.54) is 33.5 Å². The third kappa shape index (κ3) is 7.96. The van der Waals surface area contributed by atoms with Crippen molar-refractivity contribution in [1.29, 1.82) is 0 Å². The topological polar surface area (TPSA) is 110 Å². The van der Waals surface area contributed by atoms with Crippen LogP contribution in [0.1, 0.15) is 23.7 Å². The first-order chi connectivity index (χ1) is 16.4. The number of methoxy groups -OCH3 is 3. The van der Waals surface area contributed by atoms with Gasteiger partial charge < -0.3 is 30.2 Å². The number of para-hydroxylation sites is 1. The first-order valence-corrected chi connectivity index (χ1v) is 11.0. The highest BCUT2D eigenvalue weighted by Crippen LogP contribution is 2.38. The van der Waals surface area contributed by atoms with E-state index in [0.717, 1.165) is 0 Å². The number of nitrogens with one attached hydrogen (secondary N) is 4. The monoisotopic (exact) mass is 486 g/mol. The van der Waals surface area contributed by atoms with Crippen LogP contribution < -0.4 is 35.5 Å². The molecule has 2 aromatic rings. The lowest BCUT2D eigenvalue weighted by Crippen LogP contribution is -2.45. The largest absolute Gasteiger partial charge is 0.493 e. The van der Waals surface area contributed by atoms with Gasteiger partial charge in [0.15, 0.2) is 16.6 Å². The van der Waals surface area contributed by atoms with Crippen molar-refractivity contribution < 1.29 is 23.8 Å². The Morgan fingerprint density at radius 3 is 2.24 bits per heavy atom. The number of hydrogen-bond acceptors (Lipinski definition) is 6. The molecule has 0 aliphatic rings. The summed E-state index contributed by atoms with van der Waals surface area (Å²) in [4.78, 5) is 24.8. The number of hydrogen-bond donors (Lipinski definition) is 4. The number of amides is 3. The van der Waals surface area contributed by atoms with E-state index in [9.17, 15) is 9.59 Å². The fraction of sp³-hybridized carbons (Fsp3) is 0.292. The lowest BCUT2D eigenvalue weighted by Gasteiger charge is -2.18. The van der Waals surface area contributed by atoms with Crippen LogP contribution >= 0.6 is 12.2 Å². The first-order valence-electron chi connectivity index (χ1n) is 10.6. The molecule has 182 valence electrons. The van der Waals surface area contributed by atoms with E-state index in [-0.39, 0.29) is 17.2 Å². The maximum Gasteiger partial charge on any atom is 0.319 e. The molecule has 34 heavy (non-hydrogen) atoms. The zero-order valence-corrected chi connectivity index (χ0v) is 20.5. The molecule has 9 nitrogen and oxygen atoms in total. The predicted molar refractivity (Wildman–Crippen MR) is 136 cm³/mol. The number of urea groups is 1. The van der Waals surface area contributed by atoms with Crippen LogP contribution in [0.15, 0.2) is 54.6 Å². The summed E-state index contributed by atoms with van der Waals surface area (Å²) in [7, 11) is 4.43. The average Bonchev–Trinajstić information content (AvgIpc) is 2.83. The summed E-state index contributed by atoms with van der Waals surface area (Å²) in [6, 6.07) is 11.7. The minimum absolute atomic E-state index is 0.149. The van der Waals surface area contributed by atoms with Gasteiger partial charge in [0.2, 0.25) is 5.75 Å². The summed E-state index contributed by atoms with van der Waals surface area (Å²) in [5.41, 5.74) is 0.999. The second-order valence-electron chi connectivity index (χ2n) is 7.01. The van der Waals surface area contributed by atoms with Gasteiger partial charge in [-0.05, 0) is 49.8 Å². The SMILES string of the molecule is C/C=C\C(CCNC(=O)Nc1ccccc1)NC(=S)NC(=O)c1cc(OC)c(OC)c(OC)c1. The van der Waals surface area contributed by atoms with Gasteiger partial charge in [0.1, 0.15) is 0 Å². The molecule has 0 bridgehead atoms. The molecular formula is C24H30N4O5S. The summed E-state index contributed by atoms with van der Waals surface area (Å²) >= 11 is 5.32. The molecule has 0 saturated carbocycles. The molecule has 0 aliphatic heterocycles. The second-order valence-corrected chi connectivity index (χ2v) is 7.42. The van der Waals surface area contributed by atoms with E-state index in [0.29, 0.717) is 41.5 Å². The molecule has 3 amide bonds. The minimum atomic E-state index is -0.434. The minimum Gasteiger partial charge on any atom is -0.493 e. The Balaban J connectivity index is 1.91. The zero-order chi connectivity index (χ0) is 24.9. The molecule has 0 aliphatic carbocycles. The molecular weight excluding hydrogens is 456 g/mol. The molecule has 1 unspecified atom stereocenters. The van der Waals surface area contributed by atoms with Crippen LogP contribution in [0, 0.1) is 0 Å². The van der Waals surface area contributed by atoms with Crippen molar-refractivity contribution in [3.8, 4) is 17.2 Å². The summed E-state index contributed by atoms with van der Waals surface area (Å²) < 4.78 is 15.9. The fourth-order valence-electron chi connectivity index (χ4n) is 3.08. The molecule has 10 heteroatoms. The van der Waals surface area contributed by atoms with Crippen LogP contribution in [0.25, 0.3) is 0 Å². The Morgan fingerprint density at radius 1 is 1.03 bits per heavy atom. The molecule has 0 heterocycles. The lowest BCUT2D eigenvalue weighted by molar-refractivity contribution is 0.0975. The normalized spacial score (nSPS) is 11.3. The van der Waals surface area contributed by atoms with Crippen molar-refractivity contribution in [2.75, 3.05) is 33.2 Å². The molecule has 2 aromatic carbocycles. The molecule has 0 spiro atoms. The number of thiocarbonyl (C=S) groups is 1. The van der Waals surface area contributed by atoms with Gasteiger partial charge in [-0.3, -0.25) is 10.1 Å². The second kappa shape index (κ2) is 13.7. The molecule has 0 saturated heterocycles. The van der Waals surface area contributed by atoms with Gasteiger partial charge in [0.05, 0.1) is 21.3 Å². The Kier molecular flexibility index (Phi) is 10.7. The van der Waals surface area contributed by atoms with Crippen molar-refractivity contribution in [3.05, 3.63) is 60.2 Å². The predicted octanol–water partition coefficient (Wildman–Crippen LogP) is 3.47. The summed E-state index contributed by atoms with van der Waals surface area (Å²) in [5, 5.41) is 11.4. The zero-order valence-electron chi connectivity index (χ0n) is 19.6. The number of carbonyl (C=O) groups is 2. The lowest BCUT2D eigenvalue weighted by atomic mass is 10.1. The highest BCUT2D eigenvalue weighted by Gasteiger charge is 2.18. The van der Waals surface area contributed by atoms with Crippen LogP contribution in [0.3, 0.4) is 0 Å². The van der Waals surface area contributed by atoms with Crippen molar-refractivity contribution in [3.63, 3.8) is 0 Å². The standard InChI is InChI=1S/C24H30N4O5S/c1-5-9-17(12-13-25-23(30)26-18-10-7-6-8-11-18)27-24(34)28-22(29)16-14-19(31-2)21(33-4)20(15-16)32-3/h5-11,14-15,17H,12-13H2,1-4H3,(H2,25,26,30)(H2,27,28,29,34)/b9-5-. The fourth-order valence-corrected chi connectivity index (χ4v) is 3.32. The highest BCUT2D eigenvalue weighted by molar-refractivity contribution is 7.80. The summed E-state index contributed by atoms with van der Waals surface area (Å²) in [6.45, 7) is 2.27. The van der Waals surface area contributed by atoms with E-state index in [4.69, 9.17) is 26.4 Å². The summed E-state index contributed by atoms with van der Waals surface area (Å²) in [6.07, 6.45) is 4.31. The van der Waals surface area contributed by atoms with Gasteiger partial charge in [-0.1, -0.05) is 30.4 Å². The molecule has 1 atom stereocenters. The van der Waals surface area contributed by atoms with Gasteiger partial charge in [0.25, 0.3) is 5.91 Å². The Bertz CT molecular complexity index is 989. The van der Waals surface area contributed by atoms with Crippen molar-refractivity contribution in [2.45, 2.75) is 19.4 Å². The van der Waals surface area contributed by atoms with E-state index >= 15 is 0 Å². The van der Waals surface area contributed by atoms with Crippen LogP contribution in [0.5, 0.6) is 17.2 Å². The Labute approximate surface area is 204 Å². The number of benzene rings is 2. The highest BCUT2D eigenvalue weighted by atomic mass is 32.1. The maximum atomic E-state index is 12.7. The van der Waals surface area contributed by atoms with E-state index in [2.05, 4.69) is 21.3 Å². The van der Waals surface area contributed by atoms with Gasteiger partial charge >= 0.3 is 6.03 Å². The third-order valence-corrected chi connectivity index (χ3v) is 4.89. The van der Waals surface area contributed by atoms with E-state index < -0.39 is 5.91 Å². The number of ether oxygens (including phenoxy) is 3. The number of rotatable bonds is 10. The van der Waals surface area contributed by atoms with Crippen LogP contribution in [0.2, 0.25) is 0 Å². The number of allylic oxidation sites excluding steroid dienone is 1. The van der Waals surface area contributed by atoms with E-state index in [1.54, 1.807) is 12.1 Å². The third-order valence-electron chi connectivity index (χ3n) is 4.67. The molecule has 0 aromatic heterocycles. The Morgan fingerprint density at radius 2 is 1.68 bits per heavy atom. The van der Waals surface area contributed by atoms with Gasteiger partial charge in [0, 0.05) is 23.8 Å². The van der Waals surface area contributed by atoms with Crippen molar-refractivity contribution >= 4 is 35.0 Å². The first kappa shape index (κ1) is 26.5. The molecule has 4 N–H and O–H groups in total. The average molecular weight is 487 g/mol. The van der Waals surface area contributed by atoms with Crippen LogP contribution in [0.4, 0.5) is 10.5 Å².